The van der Waals surface area contributed by atoms with Crippen molar-refractivity contribution in [2.45, 2.75) is 0 Å². The number of nitro benzene ring substituents is 1. The zero-order chi connectivity index (χ0) is 12.1. The standard InChI is InChI=1S/C8H9N5O3/c9-8(10)12-11-4-5-1-2-6(13(15)16)7(14)3-5/h1-4,14H,(H4,9,10,12). The second kappa shape index (κ2) is 4.73. The van der Waals surface area contributed by atoms with Gasteiger partial charge in [0.05, 0.1) is 11.1 Å². The van der Waals surface area contributed by atoms with Gasteiger partial charge in [-0.1, -0.05) is 0 Å². The Bertz CT molecular complexity index is 465. The lowest BCUT2D eigenvalue weighted by Crippen LogP contribution is -2.21. The fraction of sp³-hybridized carbons (Fsp3) is 0. The Hall–Kier alpha value is -2.64. The van der Waals surface area contributed by atoms with Crippen LogP contribution in [0.5, 0.6) is 5.75 Å². The first-order valence-electron chi connectivity index (χ1n) is 4.10. The minimum atomic E-state index is -0.688. The van der Waals surface area contributed by atoms with Gasteiger partial charge >= 0.3 is 5.69 Å². The maximum Gasteiger partial charge on any atom is 0.310 e. The van der Waals surface area contributed by atoms with Gasteiger partial charge in [0.15, 0.2) is 5.75 Å². The molecule has 8 heteroatoms. The molecular weight excluding hydrogens is 214 g/mol. The van der Waals surface area contributed by atoms with Crippen molar-refractivity contribution in [1.82, 2.24) is 0 Å². The van der Waals surface area contributed by atoms with Crippen molar-refractivity contribution >= 4 is 17.9 Å². The predicted molar refractivity (Wildman–Crippen MR) is 58.2 cm³/mol. The summed E-state index contributed by atoms with van der Waals surface area (Å²) < 4.78 is 0. The number of hydrogen-bond donors (Lipinski definition) is 3. The summed E-state index contributed by atoms with van der Waals surface area (Å²) in [5.74, 6) is -0.652. The van der Waals surface area contributed by atoms with Crippen LogP contribution in [0.4, 0.5) is 5.69 Å². The van der Waals surface area contributed by atoms with Crippen LogP contribution in [0.2, 0.25) is 0 Å². The number of guanidine groups is 1. The number of phenolic OH excluding ortho intramolecular Hbond substituents is 1. The highest BCUT2D eigenvalue weighted by molar-refractivity contribution is 5.82. The lowest BCUT2D eigenvalue weighted by Gasteiger charge is -1.96. The van der Waals surface area contributed by atoms with E-state index in [1.165, 1.54) is 18.3 Å². The van der Waals surface area contributed by atoms with E-state index in [9.17, 15) is 15.2 Å². The zero-order valence-corrected chi connectivity index (χ0v) is 8.07. The Morgan fingerprint density at radius 1 is 1.50 bits per heavy atom. The lowest BCUT2D eigenvalue weighted by molar-refractivity contribution is -0.385. The molecular formula is C8H9N5O3. The third-order valence-corrected chi connectivity index (χ3v) is 1.58. The first kappa shape index (κ1) is 11.4. The van der Waals surface area contributed by atoms with Gasteiger partial charge in [-0.05, 0) is 17.7 Å². The molecule has 0 saturated heterocycles. The molecule has 0 fully saturated rings. The molecule has 0 heterocycles. The highest BCUT2D eigenvalue weighted by Crippen LogP contribution is 2.25. The van der Waals surface area contributed by atoms with Crippen LogP contribution in [0.15, 0.2) is 28.4 Å². The van der Waals surface area contributed by atoms with E-state index in [0.29, 0.717) is 5.56 Å². The van der Waals surface area contributed by atoms with Crippen molar-refractivity contribution in [1.29, 1.82) is 0 Å². The normalized spacial score (nSPS) is 10.2. The van der Waals surface area contributed by atoms with E-state index in [1.807, 2.05) is 0 Å². The molecule has 5 N–H and O–H groups in total. The highest BCUT2D eigenvalue weighted by atomic mass is 16.6. The van der Waals surface area contributed by atoms with Crippen LogP contribution >= 0.6 is 0 Å². The van der Waals surface area contributed by atoms with Crippen LogP contribution in [-0.2, 0) is 0 Å². The summed E-state index contributed by atoms with van der Waals surface area (Å²) in [7, 11) is 0. The van der Waals surface area contributed by atoms with Gasteiger partial charge in [-0.3, -0.25) is 10.1 Å². The number of aromatic hydroxyl groups is 1. The van der Waals surface area contributed by atoms with Gasteiger partial charge in [-0.15, -0.1) is 5.10 Å². The molecule has 0 aromatic heterocycles. The molecule has 84 valence electrons. The topological polar surface area (TPSA) is 140 Å². The molecule has 1 aromatic carbocycles. The van der Waals surface area contributed by atoms with Crippen molar-refractivity contribution < 1.29 is 10.0 Å². The number of nitro groups is 1. The van der Waals surface area contributed by atoms with Gasteiger partial charge in [0.25, 0.3) is 0 Å². The Balaban J connectivity index is 2.94. The fourth-order valence-electron chi connectivity index (χ4n) is 0.937. The maximum absolute atomic E-state index is 10.4. The summed E-state index contributed by atoms with van der Waals surface area (Å²) in [5, 5.41) is 26.5. The lowest BCUT2D eigenvalue weighted by atomic mass is 10.2. The van der Waals surface area contributed by atoms with Gasteiger partial charge in [-0.25, -0.2) is 0 Å². The Kier molecular flexibility index (Phi) is 3.38. The summed E-state index contributed by atoms with van der Waals surface area (Å²) in [4.78, 5) is 9.71. The highest BCUT2D eigenvalue weighted by Gasteiger charge is 2.11. The number of nitrogens with zero attached hydrogens (tertiary/aromatic N) is 3. The molecule has 0 aliphatic rings. The van der Waals surface area contributed by atoms with E-state index in [0.717, 1.165) is 6.07 Å². The van der Waals surface area contributed by atoms with Gasteiger partial charge in [0.1, 0.15) is 0 Å². The molecule has 0 aliphatic heterocycles. The monoisotopic (exact) mass is 223 g/mol. The van der Waals surface area contributed by atoms with E-state index < -0.39 is 10.7 Å². The summed E-state index contributed by atoms with van der Waals surface area (Å²) >= 11 is 0. The molecule has 0 radical (unpaired) electrons. The number of rotatable bonds is 3. The van der Waals surface area contributed by atoms with Crippen LogP contribution < -0.4 is 11.5 Å². The molecule has 0 bridgehead atoms. The van der Waals surface area contributed by atoms with Gasteiger partial charge < -0.3 is 16.6 Å². The summed E-state index contributed by atoms with van der Waals surface area (Å²) in [6, 6.07) is 3.75. The largest absolute Gasteiger partial charge is 0.502 e. The minimum Gasteiger partial charge on any atom is -0.502 e. The summed E-state index contributed by atoms with van der Waals surface area (Å²) in [6.45, 7) is 0. The molecule has 0 saturated carbocycles. The SMILES string of the molecule is NC(N)=NN=Cc1ccc([N+](=O)[O-])c(O)c1. The van der Waals surface area contributed by atoms with Crippen LogP contribution in [0.25, 0.3) is 0 Å². The van der Waals surface area contributed by atoms with Crippen LogP contribution in [0.3, 0.4) is 0 Å². The first-order valence-corrected chi connectivity index (χ1v) is 4.10. The maximum atomic E-state index is 10.4. The number of phenols is 1. The zero-order valence-electron chi connectivity index (χ0n) is 8.07. The quantitative estimate of drug-likeness (QED) is 0.284. The molecule has 0 aliphatic carbocycles. The Morgan fingerprint density at radius 2 is 2.19 bits per heavy atom. The van der Waals surface area contributed by atoms with Gasteiger partial charge in [0.2, 0.25) is 5.96 Å². The first-order chi connectivity index (χ1) is 7.50. The molecule has 0 atom stereocenters. The minimum absolute atomic E-state index is 0.206. The van der Waals surface area contributed by atoms with E-state index in [1.54, 1.807) is 0 Å². The molecule has 8 nitrogen and oxygen atoms in total. The van der Waals surface area contributed by atoms with E-state index in [4.69, 9.17) is 11.5 Å². The number of hydrogen-bond acceptors (Lipinski definition) is 5. The number of benzene rings is 1. The molecule has 1 rings (SSSR count). The Labute approximate surface area is 90.0 Å². The third-order valence-electron chi connectivity index (χ3n) is 1.58. The van der Waals surface area contributed by atoms with E-state index in [-0.39, 0.29) is 11.6 Å². The van der Waals surface area contributed by atoms with Crippen molar-refractivity contribution in [3.05, 3.63) is 33.9 Å². The third kappa shape index (κ3) is 2.94. The fourth-order valence-corrected chi connectivity index (χ4v) is 0.937. The van der Waals surface area contributed by atoms with Gasteiger partial charge in [-0.2, -0.15) is 5.10 Å². The molecule has 16 heavy (non-hydrogen) atoms. The molecule has 0 unspecified atom stereocenters. The smallest absolute Gasteiger partial charge is 0.310 e. The predicted octanol–water partition coefficient (Wildman–Crippen LogP) is -0.0923. The second-order valence-electron chi connectivity index (χ2n) is 2.77. The average Bonchev–Trinajstić information content (AvgIpc) is 2.16. The van der Waals surface area contributed by atoms with Crippen molar-refractivity contribution in [2.75, 3.05) is 0 Å². The second-order valence-corrected chi connectivity index (χ2v) is 2.77. The number of nitrogens with two attached hydrogens (primary N) is 2. The molecule has 0 spiro atoms. The van der Waals surface area contributed by atoms with Crippen molar-refractivity contribution in [3.8, 4) is 5.75 Å². The molecule has 1 aromatic rings. The van der Waals surface area contributed by atoms with Crippen LogP contribution in [0.1, 0.15) is 5.56 Å². The van der Waals surface area contributed by atoms with Crippen molar-refractivity contribution in [3.63, 3.8) is 0 Å². The summed E-state index contributed by atoms with van der Waals surface area (Å²) in [5.41, 5.74) is 10.1. The van der Waals surface area contributed by atoms with Crippen LogP contribution in [-0.4, -0.2) is 22.2 Å². The van der Waals surface area contributed by atoms with Gasteiger partial charge in [0, 0.05) is 6.07 Å². The molecule has 0 amide bonds. The van der Waals surface area contributed by atoms with Crippen LogP contribution in [0, 0.1) is 10.1 Å². The Morgan fingerprint density at radius 3 is 2.69 bits per heavy atom. The summed E-state index contributed by atoms with van der Waals surface area (Å²) in [6.07, 6.45) is 1.25. The average molecular weight is 223 g/mol. The van der Waals surface area contributed by atoms with E-state index >= 15 is 0 Å². The van der Waals surface area contributed by atoms with E-state index in [2.05, 4.69) is 10.2 Å². The van der Waals surface area contributed by atoms with Crippen molar-refractivity contribution in [2.24, 2.45) is 21.7 Å².